The van der Waals surface area contributed by atoms with E-state index in [2.05, 4.69) is 12.4 Å². The highest BCUT2D eigenvalue weighted by molar-refractivity contribution is 7.50. The zero-order valence-electron chi connectivity index (χ0n) is 20.2. The van der Waals surface area contributed by atoms with Gasteiger partial charge in [-0.05, 0) is 6.42 Å². The van der Waals surface area contributed by atoms with E-state index >= 15 is 0 Å². The van der Waals surface area contributed by atoms with Gasteiger partial charge in [0.05, 0.1) is 6.61 Å². The molecule has 1 aliphatic heterocycles. The number of hydrogen-bond acceptors (Lipinski definition) is 6. The molecule has 1 fully saturated rings. The first-order chi connectivity index (χ1) is 15.4. The molecule has 0 aromatic heterocycles. The molecule has 2 radical (unpaired) electrons. The van der Waals surface area contributed by atoms with Crippen LogP contribution in [0.2, 0.25) is 0 Å². The predicted octanol–water partition coefficient (Wildman–Crippen LogP) is 4.34. The van der Waals surface area contributed by atoms with E-state index < -0.39 is 32.1 Å². The van der Waals surface area contributed by atoms with Crippen molar-refractivity contribution in [3.05, 3.63) is 0 Å². The van der Waals surface area contributed by atoms with Crippen molar-refractivity contribution in [3.63, 3.8) is 0 Å². The SMILES string of the molecule is [B][C@@H]1O[C@H](CONC)C(OP(N)(=O)O)C1OCCCCCCCCCCCCCCCC. The van der Waals surface area contributed by atoms with Crippen LogP contribution in [0.15, 0.2) is 0 Å². The third kappa shape index (κ3) is 14.3. The van der Waals surface area contributed by atoms with Crippen LogP contribution < -0.4 is 11.0 Å². The zero-order valence-corrected chi connectivity index (χ0v) is 21.1. The minimum absolute atomic E-state index is 0.0909. The van der Waals surface area contributed by atoms with Crippen LogP contribution in [0.3, 0.4) is 0 Å². The van der Waals surface area contributed by atoms with Crippen molar-refractivity contribution in [2.45, 2.75) is 121 Å². The van der Waals surface area contributed by atoms with Crippen LogP contribution in [0.4, 0.5) is 0 Å². The lowest BCUT2D eigenvalue weighted by molar-refractivity contribution is -0.0558. The largest absolute Gasteiger partial charge is 0.400 e. The van der Waals surface area contributed by atoms with E-state index in [4.69, 9.17) is 32.2 Å². The third-order valence-corrected chi connectivity index (χ3v) is 6.36. The molecule has 0 spiro atoms. The lowest BCUT2D eigenvalue weighted by atomic mass is 9.93. The van der Waals surface area contributed by atoms with Crippen molar-refractivity contribution in [2.24, 2.45) is 5.50 Å². The molecule has 1 heterocycles. The van der Waals surface area contributed by atoms with E-state index in [1.54, 1.807) is 7.05 Å². The van der Waals surface area contributed by atoms with Crippen LogP contribution in [0.25, 0.3) is 0 Å². The number of hydrogen-bond donors (Lipinski definition) is 3. The summed E-state index contributed by atoms with van der Waals surface area (Å²) in [5, 5.41) is 0. The molecule has 32 heavy (non-hydrogen) atoms. The van der Waals surface area contributed by atoms with E-state index in [0.717, 1.165) is 12.8 Å². The fourth-order valence-corrected chi connectivity index (χ4v) is 4.67. The number of rotatable bonds is 21. The van der Waals surface area contributed by atoms with Gasteiger partial charge in [0.25, 0.3) is 0 Å². The number of ether oxygens (including phenoxy) is 2. The molecular weight excluding hydrogens is 430 g/mol. The summed E-state index contributed by atoms with van der Waals surface area (Å²) in [6, 6.07) is -0.774. The summed E-state index contributed by atoms with van der Waals surface area (Å²) in [6.45, 7) is 2.84. The second-order valence-electron chi connectivity index (χ2n) is 8.72. The summed E-state index contributed by atoms with van der Waals surface area (Å²) in [5.74, 6) is 0. The molecule has 8 nitrogen and oxygen atoms in total. The maximum absolute atomic E-state index is 11.6. The van der Waals surface area contributed by atoms with Crippen LogP contribution in [-0.2, 0) is 23.4 Å². The lowest BCUT2D eigenvalue weighted by Gasteiger charge is -2.24. The van der Waals surface area contributed by atoms with Crippen LogP contribution in [0.5, 0.6) is 0 Å². The molecular formula is C22H46BN2O6P. The molecule has 1 aliphatic rings. The summed E-state index contributed by atoms with van der Waals surface area (Å²) in [5.41, 5.74) is 7.71. The van der Waals surface area contributed by atoms with Crippen LogP contribution in [0, 0.1) is 0 Å². The molecule has 3 unspecified atom stereocenters. The monoisotopic (exact) mass is 476 g/mol. The second-order valence-corrected chi connectivity index (χ2v) is 10.1. The minimum atomic E-state index is -4.21. The molecule has 0 bridgehead atoms. The molecule has 0 aromatic rings. The molecule has 0 aromatic carbocycles. The molecule has 5 atom stereocenters. The molecule has 10 heteroatoms. The van der Waals surface area contributed by atoms with Gasteiger partial charge in [-0.15, -0.1) is 0 Å². The van der Waals surface area contributed by atoms with Gasteiger partial charge in [0.15, 0.2) is 0 Å². The molecule has 4 N–H and O–H groups in total. The second kappa shape index (κ2) is 18.4. The standard InChI is InChI=1S/C22H46BN2O6P/c1-3-4-5-6-7-8-9-10-11-12-13-14-15-16-17-28-21-20(31-32(24,26)27)19(18-29-25-2)30-22(21)23/h19-22,25H,3-18H2,1-2H3,(H3,24,26,27)/t19-,20?,21?,22-/m1/s1. The average molecular weight is 476 g/mol. The smallest absolute Gasteiger partial charge is 0.377 e. The van der Waals surface area contributed by atoms with Gasteiger partial charge in [0.1, 0.15) is 26.2 Å². The Kier molecular flexibility index (Phi) is 17.2. The Balaban J connectivity index is 2.09. The molecule has 1 saturated heterocycles. The van der Waals surface area contributed by atoms with E-state index in [9.17, 15) is 9.46 Å². The van der Waals surface area contributed by atoms with Gasteiger partial charge in [-0.2, -0.15) is 0 Å². The van der Waals surface area contributed by atoms with Crippen molar-refractivity contribution >= 4 is 15.6 Å². The number of unbranched alkanes of at least 4 members (excludes halogenated alkanes) is 13. The normalized spacial score (nSPS) is 25.2. The fourth-order valence-electron chi connectivity index (χ4n) is 4.06. The first-order valence-electron chi connectivity index (χ1n) is 12.5. The molecule has 188 valence electrons. The topological polar surface area (TPSA) is 112 Å². The summed E-state index contributed by atoms with van der Waals surface area (Å²) < 4.78 is 28.1. The Morgan fingerprint density at radius 3 is 1.91 bits per heavy atom. The lowest BCUT2D eigenvalue weighted by Crippen LogP contribution is -2.40. The fraction of sp³-hybridized carbons (Fsp3) is 1.00. The highest BCUT2D eigenvalue weighted by Gasteiger charge is 2.46. The summed E-state index contributed by atoms with van der Waals surface area (Å²) in [6.07, 6.45) is 15.8. The van der Waals surface area contributed by atoms with Gasteiger partial charge in [0.2, 0.25) is 0 Å². The van der Waals surface area contributed by atoms with Crippen molar-refractivity contribution in [2.75, 3.05) is 20.3 Å². The van der Waals surface area contributed by atoms with E-state index in [1.165, 1.54) is 77.0 Å². The summed E-state index contributed by atoms with van der Waals surface area (Å²) in [4.78, 5) is 14.5. The van der Waals surface area contributed by atoms with Crippen LogP contribution in [-0.4, -0.2) is 57.3 Å². The maximum Gasteiger partial charge on any atom is 0.400 e. The van der Waals surface area contributed by atoms with Crippen molar-refractivity contribution in [1.82, 2.24) is 5.48 Å². The van der Waals surface area contributed by atoms with E-state index in [-0.39, 0.29) is 6.61 Å². The van der Waals surface area contributed by atoms with Crippen LogP contribution in [0.1, 0.15) is 96.8 Å². The minimum Gasteiger partial charge on any atom is -0.377 e. The maximum atomic E-state index is 11.6. The molecule has 0 saturated carbocycles. The Morgan fingerprint density at radius 2 is 1.44 bits per heavy atom. The summed E-state index contributed by atoms with van der Waals surface area (Å²) in [7, 11) is 3.39. The number of nitrogens with two attached hydrogens (primary N) is 1. The Morgan fingerprint density at radius 1 is 0.938 bits per heavy atom. The summed E-state index contributed by atoms with van der Waals surface area (Å²) >= 11 is 0. The van der Waals surface area contributed by atoms with Crippen molar-refractivity contribution in [1.29, 1.82) is 0 Å². The zero-order chi connectivity index (χ0) is 23.7. The molecule has 0 amide bonds. The molecule has 1 rings (SSSR count). The van der Waals surface area contributed by atoms with Gasteiger partial charge in [-0.1, -0.05) is 90.4 Å². The molecule has 0 aliphatic carbocycles. The Bertz CT molecular complexity index is 499. The van der Waals surface area contributed by atoms with Gasteiger partial charge in [-0.25, -0.2) is 15.5 Å². The quantitative estimate of drug-likeness (QED) is 0.0971. The average Bonchev–Trinajstić information content (AvgIpc) is 3.02. The van der Waals surface area contributed by atoms with Crippen molar-refractivity contribution in [3.8, 4) is 0 Å². The van der Waals surface area contributed by atoms with Crippen LogP contribution >= 0.6 is 7.75 Å². The first kappa shape index (κ1) is 30.0. The Labute approximate surface area is 196 Å². The predicted molar refractivity (Wildman–Crippen MR) is 128 cm³/mol. The Hall–Kier alpha value is 0.0149. The van der Waals surface area contributed by atoms with Gasteiger partial charge < -0.3 is 14.4 Å². The van der Waals surface area contributed by atoms with Gasteiger partial charge >= 0.3 is 7.75 Å². The van der Waals surface area contributed by atoms with E-state index in [0.29, 0.717) is 6.61 Å². The van der Waals surface area contributed by atoms with Gasteiger partial charge in [0, 0.05) is 19.7 Å². The highest BCUT2D eigenvalue weighted by atomic mass is 31.2. The van der Waals surface area contributed by atoms with E-state index in [1.807, 2.05) is 0 Å². The highest BCUT2D eigenvalue weighted by Crippen LogP contribution is 2.39. The first-order valence-corrected chi connectivity index (χ1v) is 14.1. The van der Waals surface area contributed by atoms with Crippen molar-refractivity contribution < 1.29 is 28.3 Å². The number of nitrogens with one attached hydrogen (secondary N) is 1. The van der Waals surface area contributed by atoms with Gasteiger partial charge in [-0.3, -0.25) is 9.36 Å². The number of hydroxylamine groups is 1. The third-order valence-electron chi connectivity index (χ3n) is 5.82.